The molecule has 0 aliphatic carbocycles. The summed E-state index contributed by atoms with van der Waals surface area (Å²) in [4.78, 5) is 4.47. The van der Waals surface area contributed by atoms with Crippen LogP contribution in [0.25, 0.3) is 5.82 Å². The van der Waals surface area contributed by atoms with E-state index in [9.17, 15) is 0 Å². The molecule has 0 saturated heterocycles. The summed E-state index contributed by atoms with van der Waals surface area (Å²) in [6.45, 7) is 10.2. The Labute approximate surface area is 107 Å². The van der Waals surface area contributed by atoms with Gasteiger partial charge in [0.2, 0.25) is 0 Å². The van der Waals surface area contributed by atoms with E-state index in [1.54, 1.807) is 0 Å². The summed E-state index contributed by atoms with van der Waals surface area (Å²) in [6, 6.07) is 4.34. The fourth-order valence-electron chi connectivity index (χ4n) is 2.64. The van der Waals surface area contributed by atoms with Crippen LogP contribution in [-0.4, -0.2) is 26.6 Å². The number of rotatable bonds is 1. The maximum Gasteiger partial charge on any atom is 0.159 e. The molecule has 94 valence electrons. The maximum absolute atomic E-state index is 4.71. The number of hydrogen-bond acceptors (Lipinski definition) is 2. The molecule has 0 N–H and O–H groups in total. The Morgan fingerprint density at radius 3 is 2.50 bits per heavy atom. The molecule has 18 heavy (non-hydrogen) atoms. The standard InChI is InChI=1S/C14H18N4/c1-9-7-10(2)18(12(9)4)14-8-13-11(3)15-5-6-17(13)16-14/h7-8H,5-6H2,1-4H3. The first-order chi connectivity index (χ1) is 8.58. The predicted molar refractivity (Wildman–Crippen MR) is 72.8 cm³/mol. The van der Waals surface area contributed by atoms with Crippen molar-refractivity contribution in [3.05, 3.63) is 34.8 Å². The van der Waals surface area contributed by atoms with Gasteiger partial charge in [0.1, 0.15) is 0 Å². The molecule has 4 nitrogen and oxygen atoms in total. The van der Waals surface area contributed by atoms with Gasteiger partial charge < -0.3 is 4.57 Å². The van der Waals surface area contributed by atoms with E-state index in [-0.39, 0.29) is 0 Å². The molecular formula is C14H18N4. The van der Waals surface area contributed by atoms with Crippen molar-refractivity contribution < 1.29 is 0 Å². The van der Waals surface area contributed by atoms with Gasteiger partial charge in [-0.05, 0) is 39.3 Å². The highest BCUT2D eigenvalue weighted by Crippen LogP contribution is 2.21. The molecule has 0 unspecified atom stereocenters. The van der Waals surface area contributed by atoms with E-state index >= 15 is 0 Å². The summed E-state index contributed by atoms with van der Waals surface area (Å²) in [7, 11) is 0. The van der Waals surface area contributed by atoms with Crippen molar-refractivity contribution in [2.45, 2.75) is 34.2 Å². The van der Waals surface area contributed by atoms with Crippen LogP contribution < -0.4 is 0 Å². The average molecular weight is 242 g/mol. The third kappa shape index (κ3) is 1.52. The zero-order chi connectivity index (χ0) is 12.9. The van der Waals surface area contributed by atoms with Crippen molar-refractivity contribution in [2.75, 3.05) is 6.54 Å². The lowest BCUT2D eigenvalue weighted by Gasteiger charge is -2.10. The molecule has 3 rings (SSSR count). The Morgan fingerprint density at radius 2 is 1.89 bits per heavy atom. The topological polar surface area (TPSA) is 35.1 Å². The predicted octanol–water partition coefficient (Wildman–Crippen LogP) is 2.42. The van der Waals surface area contributed by atoms with Crippen LogP contribution in [0.2, 0.25) is 0 Å². The van der Waals surface area contributed by atoms with Crippen molar-refractivity contribution in [3.8, 4) is 5.82 Å². The van der Waals surface area contributed by atoms with Gasteiger partial charge in [0, 0.05) is 17.5 Å². The van der Waals surface area contributed by atoms with Crippen molar-refractivity contribution in [3.63, 3.8) is 0 Å². The Kier molecular flexibility index (Phi) is 2.40. The maximum atomic E-state index is 4.71. The van der Waals surface area contributed by atoms with Gasteiger partial charge in [-0.1, -0.05) is 0 Å². The molecule has 0 radical (unpaired) electrons. The normalized spacial score (nSPS) is 14.6. The Hall–Kier alpha value is -1.84. The minimum Gasteiger partial charge on any atom is -0.301 e. The van der Waals surface area contributed by atoms with E-state index in [1.807, 2.05) is 0 Å². The number of aliphatic imine (C=N–C) groups is 1. The summed E-state index contributed by atoms with van der Waals surface area (Å²) < 4.78 is 4.28. The molecule has 0 spiro atoms. The van der Waals surface area contributed by atoms with Crippen LogP contribution in [0.1, 0.15) is 29.6 Å². The van der Waals surface area contributed by atoms with Crippen LogP contribution in [0.4, 0.5) is 0 Å². The summed E-state index contributed by atoms with van der Waals surface area (Å²) in [6.07, 6.45) is 0. The van der Waals surface area contributed by atoms with Crippen LogP contribution >= 0.6 is 0 Å². The summed E-state index contributed by atoms with van der Waals surface area (Å²) in [5.74, 6) is 1.00. The van der Waals surface area contributed by atoms with Crippen LogP contribution in [0.5, 0.6) is 0 Å². The first-order valence-corrected chi connectivity index (χ1v) is 6.33. The third-order valence-corrected chi connectivity index (χ3v) is 3.71. The van der Waals surface area contributed by atoms with E-state index in [0.29, 0.717) is 0 Å². The zero-order valence-electron chi connectivity index (χ0n) is 11.4. The largest absolute Gasteiger partial charge is 0.301 e. The molecule has 0 bridgehead atoms. The monoisotopic (exact) mass is 242 g/mol. The summed E-state index contributed by atoms with van der Waals surface area (Å²) in [5.41, 5.74) is 6.03. The van der Waals surface area contributed by atoms with Gasteiger partial charge in [-0.15, -0.1) is 0 Å². The number of aryl methyl sites for hydroxylation is 2. The quantitative estimate of drug-likeness (QED) is 0.756. The molecule has 0 saturated carbocycles. The molecule has 0 atom stereocenters. The molecule has 3 heterocycles. The smallest absolute Gasteiger partial charge is 0.159 e. The van der Waals surface area contributed by atoms with Crippen molar-refractivity contribution in [1.82, 2.24) is 14.3 Å². The molecule has 0 fully saturated rings. The lowest BCUT2D eigenvalue weighted by Crippen LogP contribution is -2.16. The van der Waals surface area contributed by atoms with Gasteiger partial charge in [0.05, 0.1) is 24.5 Å². The molecular weight excluding hydrogens is 224 g/mol. The van der Waals surface area contributed by atoms with Gasteiger partial charge in [-0.25, -0.2) is 0 Å². The van der Waals surface area contributed by atoms with E-state index in [4.69, 9.17) is 5.10 Å². The Morgan fingerprint density at radius 1 is 1.11 bits per heavy atom. The van der Waals surface area contributed by atoms with Crippen LogP contribution in [0.15, 0.2) is 17.1 Å². The van der Waals surface area contributed by atoms with Gasteiger partial charge in [-0.2, -0.15) is 5.10 Å². The molecule has 4 heteroatoms. The minimum absolute atomic E-state index is 0.836. The van der Waals surface area contributed by atoms with Crippen LogP contribution in [-0.2, 0) is 6.54 Å². The van der Waals surface area contributed by atoms with Gasteiger partial charge in [0.25, 0.3) is 0 Å². The minimum atomic E-state index is 0.836. The number of nitrogens with zero attached hydrogens (tertiary/aromatic N) is 4. The highest BCUT2D eigenvalue weighted by Gasteiger charge is 2.17. The number of fused-ring (bicyclic) bond motifs is 1. The van der Waals surface area contributed by atoms with Gasteiger partial charge in [-0.3, -0.25) is 9.67 Å². The first-order valence-electron chi connectivity index (χ1n) is 6.33. The van der Waals surface area contributed by atoms with Crippen molar-refractivity contribution in [1.29, 1.82) is 0 Å². The second kappa shape index (κ2) is 3.83. The number of hydrogen-bond donors (Lipinski definition) is 0. The first kappa shape index (κ1) is 11.3. The van der Waals surface area contributed by atoms with E-state index in [0.717, 1.165) is 30.3 Å². The fraction of sp³-hybridized carbons (Fsp3) is 0.429. The number of aromatic nitrogens is 3. The summed E-state index contributed by atoms with van der Waals surface area (Å²) >= 11 is 0. The zero-order valence-corrected chi connectivity index (χ0v) is 11.4. The van der Waals surface area contributed by atoms with Gasteiger partial charge >= 0.3 is 0 Å². The lowest BCUT2D eigenvalue weighted by molar-refractivity contribution is 0.601. The van der Waals surface area contributed by atoms with E-state index in [1.165, 1.54) is 17.0 Å². The van der Waals surface area contributed by atoms with Crippen LogP contribution in [0, 0.1) is 20.8 Å². The second-order valence-corrected chi connectivity index (χ2v) is 4.97. The van der Waals surface area contributed by atoms with E-state index < -0.39 is 0 Å². The molecule has 0 aromatic carbocycles. The van der Waals surface area contributed by atoms with Gasteiger partial charge in [0.15, 0.2) is 5.82 Å². The Bertz CT molecular complexity index is 643. The highest BCUT2D eigenvalue weighted by molar-refractivity contribution is 5.98. The SMILES string of the molecule is CC1=NCCn2nc(-n3c(C)cc(C)c3C)cc21. The molecule has 2 aromatic heterocycles. The Balaban J connectivity index is 2.17. The molecule has 1 aliphatic rings. The van der Waals surface area contributed by atoms with Crippen molar-refractivity contribution in [2.24, 2.45) is 4.99 Å². The molecule has 0 amide bonds. The van der Waals surface area contributed by atoms with Crippen molar-refractivity contribution >= 4 is 5.71 Å². The van der Waals surface area contributed by atoms with E-state index in [2.05, 4.69) is 54.1 Å². The highest BCUT2D eigenvalue weighted by atomic mass is 15.3. The average Bonchev–Trinajstić information content (AvgIpc) is 2.83. The summed E-state index contributed by atoms with van der Waals surface area (Å²) in [5, 5.41) is 4.71. The second-order valence-electron chi connectivity index (χ2n) is 4.97. The molecule has 1 aliphatic heterocycles. The lowest BCUT2D eigenvalue weighted by atomic mass is 10.2. The fourth-order valence-corrected chi connectivity index (χ4v) is 2.64. The molecule has 2 aromatic rings. The van der Waals surface area contributed by atoms with Crippen LogP contribution in [0.3, 0.4) is 0 Å². The third-order valence-electron chi connectivity index (χ3n) is 3.71.